The fraction of sp³-hybridized carbons (Fsp3) is 0.625. The molecule has 2 atom stereocenters. The van der Waals surface area contributed by atoms with Crippen molar-refractivity contribution in [3.05, 3.63) is 17.7 Å². The van der Waals surface area contributed by atoms with Crippen LogP contribution in [0.5, 0.6) is 11.5 Å². The Bertz CT molecular complexity index is 929. The van der Waals surface area contributed by atoms with Crippen molar-refractivity contribution in [1.29, 1.82) is 0 Å². The SMILES string of the molecule is COCOc1ccc(C(=O)OC)c(OCOC)c1NC(=O)COC12CC3CC(C1)C(=O)C(C3)C2. The van der Waals surface area contributed by atoms with Crippen molar-refractivity contribution < 1.29 is 42.8 Å². The van der Waals surface area contributed by atoms with Crippen LogP contribution in [0.25, 0.3) is 0 Å². The standard InChI is InChI=1S/C24H31NO9/c1-29-12-32-18-5-4-17(23(28)31-3)22(33-13-30-2)20(18)25-19(26)11-34-24-8-14-6-15(9-24)21(27)16(7-14)10-24/h4-5,14-16H,6-13H2,1-3H3,(H,25,26). The molecular weight excluding hydrogens is 446 g/mol. The van der Waals surface area contributed by atoms with Crippen LogP contribution in [0.4, 0.5) is 5.69 Å². The van der Waals surface area contributed by atoms with Crippen LogP contribution in [0.1, 0.15) is 42.5 Å². The number of carbonyl (C=O) groups excluding carboxylic acids is 3. The number of benzene rings is 1. The highest BCUT2D eigenvalue weighted by molar-refractivity contribution is 6.01. The minimum atomic E-state index is -0.644. The number of ketones is 1. The molecule has 4 bridgehead atoms. The van der Waals surface area contributed by atoms with Gasteiger partial charge in [-0.2, -0.15) is 0 Å². The fourth-order valence-corrected chi connectivity index (χ4v) is 5.71. The predicted molar refractivity (Wildman–Crippen MR) is 119 cm³/mol. The van der Waals surface area contributed by atoms with Gasteiger partial charge in [0, 0.05) is 26.1 Å². The Kier molecular flexibility index (Phi) is 7.39. The van der Waals surface area contributed by atoms with Gasteiger partial charge in [0.2, 0.25) is 0 Å². The van der Waals surface area contributed by atoms with Crippen LogP contribution in [0, 0.1) is 17.8 Å². The molecule has 186 valence electrons. The smallest absolute Gasteiger partial charge is 0.341 e. The molecule has 4 saturated carbocycles. The third-order valence-electron chi connectivity index (χ3n) is 6.89. The predicted octanol–water partition coefficient (Wildman–Crippen LogP) is 2.54. The second kappa shape index (κ2) is 10.3. The third-order valence-corrected chi connectivity index (χ3v) is 6.89. The maximum absolute atomic E-state index is 13.0. The summed E-state index contributed by atoms with van der Waals surface area (Å²) >= 11 is 0. The van der Waals surface area contributed by atoms with E-state index >= 15 is 0 Å². The van der Waals surface area contributed by atoms with Gasteiger partial charge in [-0.15, -0.1) is 0 Å². The van der Waals surface area contributed by atoms with Gasteiger partial charge < -0.3 is 33.7 Å². The minimum absolute atomic E-state index is 0.0501. The first-order chi connectivity index (χ1) is 16.4. The number of Topliss-reactive ketones (excluding diaryl/α,β-unsaturated/α-hetero) is 1. The van der Waals surface area contributed by atoms with Gasteiger partial charge in [0.25, 0.3) is 5.91 Å². The van der Waals surface area contributed by atoms with E-state index < -0.39 is 17.5 Å². The van der Waals surface area contributed by atoms with Crippen LogP contribution in [-0.2, 0) is 28.5 Å². The molecule has 34 heavy (non-hydrogen) atoms. The molecule has 1 N–H and O–H groups in total. The molecule has 2 unspecified atom stereocenters. The first-order valence-corrected chi connectivity index (χ1v) is 11.4. The van der Waals surface area contributed by atoms with E-state index in [1.54, 1.807) is 0 Å². The lowest BCUT2D eigenvalue weighted by Gasteiger charge is -2.55. The van der Waals surface area contributed by atoms with Gasteiger partial charge in [-0.1, -0.05) is 0 Å². The molecule has 4 fully saturated rings. The van der Waals surface area contributed by atoms with E-state index in [4.69, 9.17) is 28.4 Å². The molecule has 4 aliphatic rings. The second-order valence-corrected chi connectivity index (χ2v) is 9.17. The van der Waals surface area contributed by atoms with E-state index in [-0.39, 0.29) is 54.8 Å². The third kappa shape index (κ3) is 4.89. The number of hydrogen-bond donors (Lipinski definition) is 1. The molecule has 0 heterocycles. The number of rotatable bonds is 11. The topological polar surface area (TPSA) is 119 Å². The lowest BCUT2D eigenvalue weighted by Crippen LogP contribution is -2.56. The normalized spacial score (nSPS) is 26.9. The van der Waals surface area contributed by atoms with Crippen LogP contribution in [0.3, 0.4) is 0 Å². The monoisotopic (exact) mass is 477 g/mol. The lowest BCUT2D eigenvalue weighted by molar-refractivity contribution is -0.177. The van der Waals surface area contributed by atoms with E-state index in [2.05, 4.69) is 5.32 Å². The zero-order chi connectivity index (χ0) is 24.3. The van der Waals surface area contributed by atoms with Crippen LogP contribution in [0.2, 0.25) is 0 Å². The highest BCUT2D eigenvalue weighted by Gasteiger charge is 2.55. The Hall–Kier alpha value is -2.69. The Labute approximate surface area is 198 Å². The maximum Gasteiger partial charge on any atom is 0.341 e. The van der Waals surface area contributed by atoms with Crippen molar-refractivity contribution in [2.45, 2.75) is 37.7 Å². The molecular formula is C24H31NO9. The summed E-state index contributed by atoms with van der Waals surface area (Å²) in [6.07, 6.45) is 4.10. The first kappa shape index (κ1) is 24.4. The molecule has 0 spiro atoms. The van der Waals surface area contributed by atoms with Gasteiger partial charge in [-0.25, -0.2) is 4.79 Å². The van der Waals surface area contributed by atoms with E-state index in [0.717, 1.165) is 19.3 Å². The molecule has 10 heteroatoms. The second-order valence-electron chi connectivity index (χ2n) is 9.17. The summed E-state index contributed by atoms with van der Waals surface area (Å²) in [5, 5.41) is 2.76. The Morgan fingerprint density at radius 3 is 2.32 bits per heavy atom. The summed E-state index contributed by atoms with van der Waals surface area (Å²) in [4.78, 5) is 37.7. The molecule has 1 aromatic carbocycles. The minimum Gasteiger partial charge on any atom is -0.465 e. The van der Waals surface area contributed by atoms with Crippen molar-refractivity contribution in [2.24, 2.45) is 17.8 Å². The number of methoxy groups -OCH3 is 3. The van der Waals surface area contributed by atoms with Gasteiger partial charge in [0.15, 0.2) is 19.3 Å². The number of amides is 1. The van der Waals surface area contributed by atoms with Crippen LogP contribution in [0.15, 0.2) is 12.1 Å². The molecule has 0 aromatic heterocycles. The molecule has 1 aromatic rings. The van der Waals surface area contributed by atoms with Crippen molar-refractivity contribution in [1.82, 2.24) is 0 Å². The molecule has 0 radical (unpaired) electrons. The van der Waals surface area contributed by atoms with Crippen LogP contribution < -0.4 is 14.8 Å². The van der Waals surface area contributed by atoms with Crippen LogP contribution >= 0.6 is 0 Å². The summed E-state index contributed by atoms with van der Waals surface area (Å²) in [6.45, 7) is -0.448. The largest absolute Gasteiger partial charge is 0.465 e. The highest BCUT2D eigenvalue weighted by Crippen LogP contribution is 2.55. The van der Waals surface area contributed by atoms with Gasteiger partial charge in [0.05, 0.1) is 12.7 Å². The van der Waals surface area contributed by atoms with E-state index in [1.807, 2.05) is 0 Å². The fourth-order valence-electron chi connectivity index (χ4n) is 5.71. The Balaban J connectivity index is 1.52. The zero-order valence-corrected chi connectivity index (χ0v) is 19.7. The first-order valence-electron chi connectivity index (χ1n) is 11.4. The summed E-state index contributed by atoms with van der Waals surface area (Å²) in [6, 6.07) is 2.99. The van der Waals surface area contributed by atoms with Crippen molar-refractivity contribution in [3.63, 3.8) is 0 Å². The number of esters is 1. The molecule has 1 amide bonds. The summed E-state index contributed by atoms with van der Waals surface area (Å²) < 4.78 is 32.2. The van der Waals surface area contributed by atoms with E-state index in [9.17, 15) is 14.4 Å². The van der Waals surface area contributed by atoms with E-state index in [0.29, 0.717) is 24.5 Å². The van der Waals surface area contributed by atoms with E-state index in [1.165, 1.54) is 33.5 Å². The van der Waals surface area contributed by atoms with Crippen LogP contribution in [-0.4, -0.2) is 64.8 Å². The van der Waals surface area contributed by atoms with Crippen molar-refractivity contribution in [2.75, 3.05) is 46.8 Å². The summed E-state index contributed by atoms with van der Waals surface area (Å²) in [5.74, 6) is 0.161. The number of anilines is 1. The average Bonchev–Trinajstić information content (AvgIpc) is 2.83. The number of hydrogen-bond acceptors (Lipinski definition) is 9. The zero-order valence-electron chi connectivity index (χ0n) is 19.7. The van der Waals surface area contributed by atoms with Crippen molar-refractivity contribution in [3.8, 4) is 11.5 Å². The average molecular weight is 478 g/mol. The maximum atomic E-state index is 13.0. The summed E-state index contributed by atoms with van der Waals surface area (Å²) in [5.41, 5.74) is -0.188. The Morgan fingerprint density at radius 2 is 1.68 bits per heavy atom. The Morgan fingerprint density at radius 1 is 1.00 bits per heavy atom. The number of carbonyl (C=O) groups is 3. The highest BCUT2D eigenvalue weighted by atomic mass is 16.7. The molecule has 5 rings (SSSR count). The van der Waals surface area contributed by atoms with Gasteiger partial charge >= 0.3 is 5.97 Å². The molecule has 0 saturated heterocycles. The van der Waals surface area contributed by atoms with Gasteiger partial charge in [-0.05, 0) is 50.2 Å². The lowest BCUT2D eigenvalue weighted by atomic mass is 9.53. The van der Waals surface area contributed by atoms with Gasteiger partial charge in [0.1, 0.15) is 29.4 Å². The van der Waals surface area contributed by atoms with Crippen molar-refractivity contribution >= 4 is 23.3 Å². The van der Waals surface area contributed by atoms with Gasteiger partial charge in [-0.3, -0.25) is 9.59 Å². The molecule has 0 aliphatic heterocycles. The summed E-state index contributed by atoms with van der Waals surface area (Å²) in [7, 11) is 4.15. The number of ether oxygens (including phenoxy) is 6. The molecule has 4 aliphatic carbocycles. The molecule has 10 nitrogen and oxygen atoms in total. The quantitative estimate of drug-likeness (QED) is 0.379. The number of nitrogens with one attached hydrogen (secondary N) is 1.